The number of H-pyrrole nitrogens is 1. The van der Waals surface area contributed by atoms with Crippen molar-refractivity contribution < 1.29 is 4.79 Å². The maximum atomic E-state index is 12.1. The highest BCUT2D eigenvalue weighted by molar-refractivity contribution is 7.71. The van der Waals surface area contributed by atoms with Gasteiger partial charge in [0.1, 0.15) is 5.52 Å². The summed E-state index contributed by atoms with van der Waals surface area (Å²) < 4.78 is 4.45. The van der Waals surface area contributed by atoms with Crippen molar-refractivity contribution in [3.63, 3.8) is 0 Å². The summed E-state index contributed by atoms with van der Waals surface area (Å²) in [6, 6.07) is 0. The Labute approximate surface area is 122 Å². The molecule has 0 atom stereocenters. The van der Waals surface area contributed by atoms with Crippen LogP contribution < -0.4 is 0 Å². The van der Waals surface area contributed by atoms with Crippen molar-refractivity contribution in [2.24, 2.45) is 7.05 Å². The Morgan fingerprint density at radius 3 is 2.80 bits per heavy atom. The van der Waals surface area contributed by atoms with Crippen LogP contribution in [-0.4, -0.2) is 43.2 Å². The predicted octanol–water partition coefficient (Wildman–Crippen LogP) is 1.75. The van der Waals surface area contributed by atoms with E-state index in [9.17, 15) is 4.79 Å². The van der Waals surface area contributed by atoms with Crippen LogP contribution in [0.25, 0.3) is 11.2 Å². The molecule has 0 spiro atoms. The summed E-state index contributed by atoms with van der Waals surface area (Å²) in [5, 5.41) is 4.38. The van der Waals surface area contributed by atoms with Crippen molar-refractivity contribution >= 4 is 29.3 Å². The minimum absolute atomic E-state index is 0.220. The lowest BCUT2D eigenvalue weighted by Crippen LogP contribution is -2.28. The normalized spacial score (nSPS) is 15.4. The number of carbonyl (C=O) groups excluding carboxylic acids is 1. The van der Waals surface area contributed by atoms with E-state index >= 15 is 0 Å². The van der Waals surface area contributed by atoms with Gasteiger partial charge in [-0.05, 0) is 32.0 Å². The van der Waals surface area contributed by atoms with Crippen molar-refractivity contribution in [2.75, 3.05) is 13.1 Å². The smallest absolute Gasteiger partial charge is 0.224 e. The molecular weight excluding hydrogens is 274 g/mol. The number of amides is 1. The Hall–Kier alpha value is -1.63. The molecule has 0 unspecified atom stereocenters. The standard InChI is InChI=1S/C13H19N5OS/c1-9-11-12(16(2)15-9)18(13(20)14-11)8-5-10(19)17-6-3-4-7-17/h3-8H2,1-2H3,(H,14,20). The molecule has 0 saturated carbocycles. The number of hydrogen-bond donors (Lipinski definition) is 1. The van der Waals surface area contributed by atoms with Crippen molar-refractivity contribution in [1.29, 1.82) is 0 Å². The molecule has 0 aliphatic carbocycles. The SMILES string of the molecule is Cc1nn(C)c2c1[nH]c(=S)n2CCC(=O)N1CCCC1. The van der Waals surface area contributed by atoms with Crippen LogP contribution in [0.3, 0.4) is 0 Å². The topological polar surface area (TPSA) is 58.9 Å². The summed E-state index contributed by atoms with van der Waals surface area (Å²) in [6.45, 7) is 4.36. The summed E-state index contributed by atoms with van der Waals surface area (Å²) in [5.74, 6) is 0.220. The average Bonchev–Trinajstić information content (AvgIpc) is 3.08. The summed E-state index contributed by atoms with van der Waals surface area (Å²) in [4.78, 5) is 17.2. The first-order chi connectivity index (χ1) is 9.58. The highest BCUT2D eigenvalue weighted by Crippen LogP contribution is 2.18. The molecule has 2 aromatic heterocycles. The zero-order valence-corrected chi connectivity index (χ0v) is 12.7. The fourth-order valence-corrected chi connectivity index (χ4v) is 3.19. The van der Waals surface area contributed by atoms with Crippen LogP contribution in [0.15, 0.2) is 0 Å². The molecule has 1 aliphatic rings. The van der Waals surface area contributed by atoms with E-state index in [1.165, 1.54) is 0 Å². The van der Waals surface area contributed by atoms with E-state index in [1.54, 1.807) is 0 Å². The Morgan fingerprint density at radius 2 is 2.10 bits per heavy atom. The number of nitrogens with one attached hydrogen (secondary N) is 1. The molecule has 3 rings (SSSR count). The van der Waals surface area contributed by atoms with Gasteiger partial charge in [-0.3, -0.25) is 9.48 Å². The third-order valence-corrected chi connectivity index (χ3v) is 4.26. The number of hydrogen-bond acceptors (Lipinski definition) is 3. The van der Waals surface area contributed by atoms with Gasteiger partial charge in [-0.25, -0.2) is 0 Å². The second kappa shape index (κ2) is 5.05. The third-order valence-electron chi connectivity index (χ3n) is 3.93. The number of carbonyl (C=O) groups is 1. The first-order valence-corrected chi connectivity index (χ1v) is 7.38. The molecule has 7 heteroatoms. The first-order valence-electron chi connectivity index (χ1n) is 6.98. The van der Waals surface area contributed by atoms with Crippen LogP contribution in [-0.2, 0) is 18.4 Å². The molecule has 0 aromatic carbocycles. The number of rotatable bonds is 3. The summed E-state index contributed by atoms with van der Waals surface area (Å²) in [5.41, 5.74) is 2.85. The van der Waals surface area contributed by atoms with Crippen LogP contribution in [0.4, 0.5) is 0 Å². The highest BCUT2D eigenvalue weighted by atomic mass is 32.1. The molecule has 0 bridgehead atoms. The van der Waals surface area contributed by atoms with E-state index in [0.29, 0.717) is 17.7 Å². The van der Waals surface area contributed by atoms with Crippen LogP contribution in [0.5, 0.6) is 0 Å². The van der Waals surface area contributed by atoms with Crippen LogP contribution in [0.2, 0.25) is 0 Å². The fraction of sp³-hybridized carbons (Fsp3) is 0.615. The lowest BCUT2D eigenvalue weighted by atomic mass is 10.3. The molecule has 1 amide bonds. The Kier molecular flexibility index (Phi) is 3.37. The fourth-order valence-electron chi connectivity index (χ4n) is 2.91. The largest absolute Gasteiger partial charge is 0.343 e. The van der Waals surface area contributed by atoms with Gasteiger partial charge in [-0.15, -0.1) is 0 Å². The van der Waals surface area contributed by atoms with Crippen LogP contribution in [0, 0.1) is 11.7 Å². The molecule has 1 saturated heterocycles. The second-order valence-electron chi connectivity index (χ2n) is 5.33. The number of aromatic nitrogens is 4. The minimum atomic E-state index is 0.220. The molecule has 1 aliphatic heterocycles. The maximum absolute atomic E-state index is 12.1. The van der Waals surface area contributed by atoms with E-state index in [-0.39, 0.29) is 5.91 Å². The van der Waals surface area contributed by atoms with Gasteiger partial charge in [0.25, 0.3) is 0 Å². The molecule has 6 nitrogen and oxygen atoms in total. The monoisotopic (exact) mass is 293 g/mol. The minimum Gasteiger partial charge on any atom is -0.343 e. The van der Waals surface area contributed by atoms with Gasteiger partial charge in [-0.1, -0.05) is 0 Å². The van der Waals surface area contributed by atoms with Gasteiger partial charge in [0.2, 0.25) is 5.91 Å². The first kappa shape index (κ1) is 13.4. The summed E-state index contributed by atoms with van der Waals surface area (Å²) >= 11 is 5.35. The van der Waals surface area contributed by atoms with Crippen LogP contribution >= 0.6 is 12.2 Å². The molecular formula is C13H19N5OS. The average molecular weight is 293 g/mol. The molecule has 108 valence electrons. The molecule has 0 radical (unpaired) electrons. The van der Waals surface area contributed by atoms with Crippen LogP contribution in [0.1, 0.15) is 25.0 Å². The van der Waals surface area contributed by atoms with E-state index in [0.717, 1.165) is 42.8 Å². The van der Waals surface area contributed by atoms with Gasteiger partial charge in [-0.2, -0.15) is 5.10 Å². The van der Waals surface area contributed by atoms with Gasteiger partial charge in [0, 0.05) is 33.1 Å². The number of aryl methyl sites for hydroxylation is 3. The second-order valence-corrected chi connectivity index (χ2v) is 5.71. The van der Waals surface area contributed by atoms with Crippen molar-refractivity contribution in [3.05, 3.63) is 10.5 Å². The van der Waals surface area contributed by atoms with Gasteiger partial charge >= 0.3 is 0 Å². The van der Waals surface area contributed by atoms with Gasteiger partial charge < -0.3 is 14.5 Å². The predicted molar refractivity (Wildman–Crippen MR) is 79.1 cm³/mol. The Bertz CT molecular complexity index is 704. The maximum Gasteiger partial charge on any atom is 0.224 e. The van der Waals surface area contributed by atoms with Gasteiger partial charge in [0.15, 0.2) is 10.4 Å². The summed E-state index contributed by atoms with van der Waals surface area (Å²) in [6.07, 6.45) is 2.74. The van der Waals surface area contributed by atoms with E-state index < -0.39 is 0 Å². The number of imidazole rings is 1. The quantitative estimate of drug-likeness (QED) is 0.877. The molecule has 2 aromatic rings. The number of aromatic amines is 1. The van der Waals surface area contributed by atoms with E-state index in [1.807, 2.05) is 28.1 Å². The number of fused-ring (bicyclic) bond motifs is 1. The number of likely N-dealkylation sites (tertiary alicyclic amines) is 1. The molecule has 3 heterocycles. The molecule has 1 N–H and O–H groups in total. The van der Waals surface area contributed by atoms with Gasteiger partial charge in [0.05, 0.1) is 5.69 Å². The zero-order valence-electron chi connectivity index (χ0n) is 11.8. The zero-order chi connectivity index (χ0) is 14.3. The lowest BCUT2D eigenvalue weighted by molar-refractivity contribution is -0.130. The molecule has 20 heavy (non-hydrogen) atoms. The van der Waals surface area contributed by atoms with Crippen molar-refractivity contribution in [1.82, 2.24) is 24.2 Å². The third kappa shape index (κ3) is 2.15. The lowest BCUT2D eigenvalue weighted by Gasteiger charge is -2.15. The molecule has 1 fully saturated rings. The highest BCUT2D eigenvalue weighted by Gasteiger charge is 2.19. The Morgan fingerprint density at radius 1 is 1.40 bits per heavy atom. The number of nitrogens with zero attached hydrogens (tertiary/aromatic N) is 4. The van der Waals surface area contributed by atoms with E-state index in [4.69, 9.17) is 12.2 Å². The van der Waals surface area contributed by atoms with Crippen molar-refractivity contribution in [3.8, 4) is 0 Å². The Balaban J connectivity index is 1.82. The van der Waals surface area contributed by atoms with Crippen molar-refractivity contribution in [2.45, 2.75) is 32.7 Å². The van der Waals surface area contributed by atoms with E-state index in [2.05, 4.69) is 10.1 Å². The summed E-state index contributed by atoms with van der Waals surface area (Å²) in [7, 11) is 1.90.